The summed E-state index contributed by atoms with van der Waals surface area (Å²) in [4.78, 5) is 24.8. The Kier molecular flexibility index (Phi) is 11.7. The van der Waals surface area contributed by atoms with Crippen molar-refractivity contribution in [2.45, 2.75) is 52.4 Å². The first-order valence-electron chi connectivity index (χ1n) is 9.11. The number of carbonyl (C=O) groups is 1. The predicted molar refractivity (Wildman–Crippen MR) is 99.4 cm³/mol. The molecule has 1 rings (SSSR count). The van der Waals surface area contributed by atoms with Gasteiger partial charge in [0.25, 0.3) is 0 Å². The Morgan fingerprint density at radius 1 is 1.08 bits per heavy atom. The molecule has 2 unspecified atom stereocenters. The summed E-state index contributed by atoms with van der Waals surface area (Å²) in [5.41, 5.74) is 0. The van der Waals surface area contributed by atoms with Crippen LogP contribution in [0.4, 0.5) is 0 Å². The van der Waals surface area contributed by atoms with E-state index in [1.165, 1.54) is 0 Å². The molecule has 0 heterocycles. The van der Waals surface area contributed by atoms with Gasteiger partial charge in [-0.25, -0.2) is 0 Å². The molecule has 4 nitrogen and oxygen atoms in total. The third kappa shape index (κ3) is 8.23. The van der Waals surface area contributed by atoms with Crippen molar-refractivity contribution < 1.29 is 19.2 Å². The molecule has 0 aromatic rings. The largest absolute Gasteiger partial charge is 0.630 e. The summed E-state index contributed by atoms with van der Waals surface area (Å²) in [5, 5.41) is 0.658. The van der Waals surface area contributed by atoms with Crippen LogP contribution in [-0.4, -0.2) is 37.2 Å². The molecular formula is C19H31O4P. The summed E-state index contributed by atoms with van der Waals surface area (Å²) < 4.78 is 10.9. The summed E-state index contributed by atoms with van der Waals surface area (Å²) in [6.45, 7) is 5.88. The highest BCUT2D eigenvalue weighted by atomic mass is 31.1. The van der Waals surface area contributed by atoms with Gasteiger partial charge in [-0.15, -0.1) is 0 Å². The average molecular weight is 354 g/mol. The molecule has 0 saturated carbocycles. The molecule has 2 atom stereocenters. The van der Waals surface area contributed by atoms with Crippen LogP contribution in [0, 0.1) is 5.92 Å². The summed E-state index contributed by atoms with van der Waals surface area (Å²) in [6, 6.07) is 0. The van der Waals surface area contributed by atoms with Gasteiger partial charge in [-0.3, -0.25) is 4.79 Å². The van der Waals surface area contributed by atoms with Gasteiger partial charge in [-0.2, -0.15) is 0 Å². The number of unbranched alkanes of at least 4 members (excludes halogenated alkanes) is 4. The van der Waals surface area contributed by atoms with Gasteiger partial charge in [0.05, 0.1) is 21.0 Å². The topological polar surface area (TPSA) is 58.6 Å². The highest BCUT2D eigenvalue weighted by molar-refractivity contribution is 7.52. The molecule has 0 fully saturated rings. The highest BCUT2D eigenvalue weighted by Crippen LogP contribution is 2.24. The molecule has 1 aliphatic carbocycles. The summed E-state index contributed by atoms with van der Waals surface area (Å²) >= 11 is 0. The van der Waals surface area contributed by atoms with Gasteiger partial charge in [0.15, 0.2) is 0 Å². The van der Waals surface area contributed by atoms with E-state index in [2.05, 4.69) is 13.8 Å². The number of hydrogen-bond donors (Lipinski definition) is 0. The smallest absolute Gasteiger partial charge is 0.321 e. The van der Waals surface area contributed by atoms with Crippen molar-refractivity contribution in [2.75, 3.05) is 26.0 Å². The Labute approximate surface area is 147 Å². The second kappa shape index (κ2) is 13.3. The minimum atomic E-state index is -1.61. The molecule has 0 aromatic heterocycles. The Morgan fingerprint density at radius 3 is 2.50 bits per heavy atom. The molecule has 0 radical (unpaired) electrons. The number of ether oxygens (including phenoxy) is 2. The minimum absolute atomic E-state index is 0.297. The van der Waals surface area contributed by atoms with Crippen molar-refractivity contribution >= 4 is 19.0 Å². The van der Waals surface area contributed by atoms with Crippen LogP contribution in [0.25, 0.3) is 0 Å². The predicted octanol–water partition coefficient (Wildman–Crippen LogP) is 3.60. The molecule has 0 aromatic carbocycles. The third-order valence-corrected chi connectivity index (χ3v) is 5.46. The second-order valence-corrected chi connectivity index (χ2v) is 7.66. The van der Waals surface area contributed by atoms with Gasteiger partial charge >= 0.3 is 5.97 Å². The minimum Gasteiger partial charge on any atom is -0.630 e. The average Bonchev–Trinajstić information content (AvgIpc) is 2.61. The standard InChI is InChI=1S/C19H31O4P/c1-3-5-9-13-22-15-16-24(21)18-12-8-7-11-17(18)19(20)23-14-10-6-4-2/h7-8,11-12,17H,3-6,9-10,13-16H2,1-2H3. The zero-order chi connectivity index (χ0) is 17.6. The Morgan fingerprint density at radius 2 is 1.79 bits per heavy atom. The van der Waals surface area contributed by atoms with E-state index in [9.17, 15) is 9.69 Å². The molecule has 1 aliphatic rings. The lowest BCUT2D eigenvalue weighted by molar-refractivity contribution is -0.154. The monoisotopic (exact) mass is 354 g/mol. The van der Waals surface area contributed by atoms with E-state index in [1.54, 1.807) is 12.2 Å². The molecule has 0 amide bonds. The Hall–Kier alpha value is -0.960. The van der Waals surface area contributed by atoms with E-state index < -0.39 is 13.7 Å². The zero-order valence-corrected chi connectivity index (χ0v) is 15.9. The van der Waals surface area contributed by atoms with Crippen LogP contribution in [0.2, 0.25) is 0 Å². The quantitative estimate of drug-likeness (QED) is 0.305. The Balaban J connectivity index is 2.47. The first kappa shape index (κ1) is 21.1. The van der Waals surface area contributed by atoms with Crippen LogP contribution in [0.3, 0.4) is 0 Å². The normalized spacial score (nSPS) is 18.7. The van der Waals surface area contributed by atoms with Crippen molar-refractivity contribution in [3.8, 4) is 0 Å². The van der Waals surface area contributed by atoms with Crippen molar-refractivity contribution in [1.29, 1.82) is 0 Å². The number of carbonyl (C=O) groups excluding carboxylic acids is 1. The van der Waals surface area contributed by atoms with Crippen molar-refractivity contribution in [1.82, 2.24) is 0 Å². The van der Waals surface area contributed by atoms with Crippen molar-refractivity contribution in [2.24, 2.45) is 5.92 Å². The van der Waals surface area contributed by atoms with Gasteiger partial charge in [-0.05, 0) is 18.9 Å². The first-order valence-corrected chi connectivity index (χ1v) is 10.6. The van der Waals surface area contributed by atoms with Crippen molar-refractivity contribution in [3.05, 3.63) is 24.3 Å². The SMILES string of the molecule is CCCCCOCC[P+]([O-])=C1C=CC=CC1C(=O)OCCCCC. The maximum Gasteiger partial charge on any atom is 0.321 e. The van der Waals surface area contributed by atoms with E-state index in [0.717, 1.165) is 38.5 Å². The van der Waals surface area contributed by atoms with Gasteiger partial charge in [0, 0.05) is 6.61 Å². The maximum absolute atomic E-state index is 12.5. The van der Waals surface area contributed by atoms with Crippen LogP contribution in [0.5, 0.6) is 0 Å². The molecule has 5 heteroatoms. The second-order valence-electron chi connectivity index (χ2n) is 5.94. The molecule has 24 heavy (non-hydrogen) atoms. The van der Waals surface area contributed by atoms with Crippen LogP contribution in [0.1, 0.15) is 52.4 Å². The summed E-state index contributed by atoms with van der Waals surface area (Å²) in [7, 11) is -1.61. The van der Waals surface area contributed by atoms with E-state index in [-0.39, 0.29) is 5.97 Å². The molecule has 0 bridgehead atoms. The maximum atomic E-state index is 12.5. The summed E-state index contributed by atoms with van der Waals surface area (Å²) in [5.74, 6) is -0.811. The van der Waals surface area contributed by atoms with E-state index in [1.807, 2.05) is 12.2 Å². The lowest BCUT2D eigenvalue weighted by Crippen LogP contribution is -2.26. The first-order chi connectivity index (χ1) is 11.7. The van der Waals surface area contributed by atoms with Gasteiger partial charge in [0.1, 0.15) is 17.4 Å². The molecule has 0 spiro atoms. The van der Waals surface area contributed by atoms with Crippen LogP contribution < -0.4 is 4.89 Å². The summed E-state index contributed by atoms with van der Waals surface area (Å²) in [6.07, 6.45) is 14.0. The van der Waals surface area contributed by atoms with Gasteiger partial charge < -0.3 is 14.4 Å². The fourth-order valence-corrected chi connectivity index (χ4v) is 3.72. The number of esters is 1. The molecule has 0 N–H and O–H groups in total. The van der Waals surface area contributed by atoms with Crippen LogP contribution in [-0.2, 0) is 14.3 Å². The van der Waals surface area contributed by atoms with Crippen molar-refractivity contribution in [3.63, 3.8) is 0 Å². The zero-order valence-electron chi connectivity index (χ0n) is 15.0. The van der Waals surface area contributed by atoms with E-state index >= 15 is 0 Å². The molecule has 136 valence electrons. The molecular weight excluding hydrogens is 323 g/mol. The lowest BCUT2D eigenvalue weighted by Gasteiger charge is -2.15. The van der Waals surface area contributed by atoms with Gasteiger partial charge in [0.2, 0.25) is 0 Å². The van der Waals surface area contributed by atoms with Crippen LogP contribution >= 0.6 is 7.77 Å². The fourth-order valence-electron chi connectivity index (χ4n) is 2.42. The third-order valence-electron chi connectivity index (χ3n) is 3.87. The fraction of sp³-hybridized carbons (Fsp3) is 0.684. The number of rotatable bonds is 12. The van der Waals surface area contributed by atoms with Gasteiger partial charge in [-0.1, -0.05) is 57.8 Å². The number of allylic oxidation sites excluding steroid dienone is 3. The van der Waals surface area contributed by atoms with Crippen LogP contribution in [0.15, 0.2) is 24.3 Å². The highest BCUT2D eigenvalue weighted by Gasteiger charge is 2.28. The lowest BCUT2D eigenvalue weighted by atomic mass is 10.0. The van der Waals surface area contributed by atoms with E-state index in [4.69, 9.17) is 9.47 Å². The van der Waals surface area contributed by atoms with E-state index in [0.29, 0.717) is 31.3 Å². The molecule has 0 aliphatic heterocycles. The molecule has 0 saturated heterocycles. The Bertz CT molecular complexity index is 454. The number of hydrogen-bond acceptors (Lipinski definition) is 4.